The van der Waals surface area contributed by atoms with Crippen LogP contribution in [0.1, 0.15) is 32.8 Å². The van der Waals surface area contributed by atoms with E-state index in [9.17, 15) is 24.3 Å². The predicted molar refractivity (Wildman–Crippen MR) is 104 cm³/mol. The molecule has 152 valence electrons. The van der Waals surface area contributed by atoms with Gasteiger partial charge in [-0.25, -0.2) is 4.79 Å². The minimum Gasteiger partial charge on any atom is -0.480 e. The van der Waals surface area contributed by atoms with E-state index in [1.54, 1.807) is 4.90 Å². The molecule has 28 heavy (non-hydrogen) atoms. The highest BCUT2D eigenvalue weighted by molar-refractivity contribution is 6.01. The Morgan fingerprint density at radius 3 is 2.61 bits per heavy atom. The van der Waals surface area contributed by atoms with Crippen LogP contribution < -0.4 is 10.2 Å². The molecular weight excluding hydrogens is 362 g/mol. The van der Waals surface area contributed by atoms with Crippen LogP contribution in [0.5, 0.6) is 0 Å². The molecule has 2 N–H and O–H groups in total. The van der Waals surface area contributed by atoms with Crippen LogP contribution >= 0.6 is 0 Å². The van der Waals surface area contributed by atoms with Gasteiger partial charge in [-0.15, -0.1) is 0 Å². The van der Waals surface area contributed by atoms with Crippen molar-refractivity contribution in [2.45, 2.75) is 39.7 Å². The molecule has 1 saturated heterocycles. The summed E-state index contributed by atoms with van der Waals surface area (Å²) in [5, 5.41) is 11.9. The van der Waals surface area contributed by atoms with E-state index in [-0.39, 0.29) is 43.8 Å². The summed E-state index contributed by atoms with van der Waals surface area (Å²) < 4.78 is 0. The summed E-state index contributed by atoms with van der Waals surface area (Å²) in [6.07, 6.45) is 0.803. The molecule has 2 rings (SSSR count). The number of carbonyl (C=O) groups excluding carboxylic acids is 3. The molecule has 2 atom stereocenters. The number of benzene rings is 1. The monoisotopic (exact) mass is 389 g/mol. The van der Waals surface area contributed by atoms with Crippen molar-refractivity contribution in [2.75, 3.05) is 24.5 Å². The molecule has 3 amide bonds. The largest absolute Gasteiger partial charge is 0.480 e. The lowest BCUT2D eigenvalue weighted by Gasteiger charge is -2.29. The number of aliphatic carboxylic acids is 1. The molecule has 0 aromatic heterocycles. The molecule has 8 heteroatoms. The number of aryl methyl sites for hydroxylation is 1. The number of hydrogen-bond donors (Lipinski definition) is 2. The standard InChI is InChI=1S/C20H27N3O5/c1-4-15-7-5-6-8-17(15)23-12-16(11-18(23)25)19(26)22(13(2)20(27)28)10-9-21-14(3)24/h5-8,13,16H,4,9-12H2,1-3H3,(H,21,24)(H,27,28). The maximum atomic E-state index is 13.0. The summed E-state index contributed by atoms with van der Waals surface area (Å²) in [5.41, 5.74) is 1.81. The molecule has 0 spiro atoms. The summed E-state index contributed by atoms with van der Waals surface area (Å²) in [7, 11) is 0. The molecule has 1 aromatic carbocycles. The highest BCUT2D eigenvalue weighted by Gasteiger charge is 2.39. The zero-order chi connectivity index (χ0) is 20.8. The second-order valence-electron chi connectivity index (χ2n) is 6.92. The van der Waals surface area contributed by atoms with Gasteiger partial charge in [0.25, 0.3) is 0 Å². The average molecular weight is 389 g/mol. The maximum Gasteiger partial charge on any atom is 0.326 e. The van der Waals surface area contributed by atoms with Crippen LogP contribution in [0.3, 0.4) is 0 Å². The van der Waals surface area contributed by atoms with E-state index in [2.05, 4.69) is 5.32 Å². The highest BCUT2D eigenvalue weighted by Crippen LogP contribution is 2.29. The van der Waals surface area contributed by atoms with Crippen LogP contribution in [0.25, 0.3) is 0 Å². The zero-order valence-electron chi connectivity index (χ0n) is 16.5. The molecule has 8 nitrogen and oxygen atoms in total. The van der Waals surface area contributed by atoms with E-state index in [0.717, 1.165) is 17.7 Å². The van der Waals surface area contributed by atoms with Crippen LogP contribution in [0.2, 0.25) is 0 Å². The summed E-state index contributed by atoms with van der Waals surface area (Å²) in [5.74, 6) is -2.53. The minimum absolute atomic E-state index is 0.0415. The van der Waals surface area contributed by atoms with Gasteiger partial charge in [0.15, 0.2) is 0 Å². The Kier molecular flexibility index (Phi) is 7.14. The third-order valence-corrected chi connectivity index (χ3v) is 4.97. The number of rotatable bonds is 8. The van der Waals surface area contributed by atoms with Gasteiger partial charge in [0.2, 0.25) is 17.7 Å². The zero-order valence-corrected chi connectivity index (χ0v) is 16.5. The van der Waals surface area contributed by atoms with E-state index in [4.69, 9.17) is 0 Å². The first-order valence-corrected chi connectivity index (χ1v) is 9.42. The molecule has 1 fully saturated rings. The van der Waals surface area contributed by atoms with Crippen molar-refractivity contribution in [1.29, 1.82) is 0 Å². The average Bonchev–Trinajstić information content (AvgIpc) is 3.05. The molecule has 1 heterocycles. The number of para-hydroxylation sites is 1. The molecule has 0 bridgehead atoms. The summed E-state index contributed by atoms with van der Waals surface area (Å²) in [4.78, 5) is 50.9. The van der Waals surface area contributed by atoms with E-state index < -0.39 is 17.9 Å². The fourth-order valence-corrected chi connectivity index (χ4v) is 3.39. The van der Waals surface area contributed by atoms with E-state index in [0.29, 0.717) is 0 Å². The molecule has 2 unspecified atom stereocenters. The molecule has 0 aliphatic carbocycles. The Labute approximate surface area is 164 Å². The van der Waals surface area contributed by atoms with Crippen molar-refractivity contribution in [2.24, 2.45) is 5.92 Å². The number of carboxylic acid groups (broad SMARTS) is 1. The Morgan fingerprint density at radius 2 is 2.00 bits per heavy atom. The Hall–Kier alpha value is -2.90. The Bertz CT molecular complexity index is 764. The lowest BCUT2D eigenvalue weighted by atomic mass is 10.1. The molecule has 0 radical (unpaired) electrons. The van der Waals surface area contributed by atoms with Gasteiger partial charge in [-0.1, -0.05) is 25.1 Å². The fourth-order valence-electron chi connectivity index (χ4n) is 3.39. The number of nitrogens with one attached hydrogen (secondary N) is 1. The number of carboxylic acids is 1. The van der Waals surface area contributed by atoms with Gasteiger partial charge < -0.3 is 20.2 Å². The lowest BCUT2D eigenvalue weighted by molar-refractivity contribution is -0.151. The second kappa shape index (κ2) is 9.34. The first kappa shape index (κ1) is 21.4. The van der Waals surface area contributed by atoms with E-state index >= 15 is 0 Å². The van der Waals surface area contributed by atoms with Gasteiger partial charge in [0.1, 0.15) is 6.04 Å². The van der Waals surface area contributed by atoms with Crippen LogP contribution in [0.4, 0.5) is 5.69 Å². The topological polar surface area (TPSA) is 107 Å². The first-order valence-electron chi connectivity index (χ1n) is 9.42. The number of amides is 3. The van der Waals surface area contributed by atoms with Crippen LogP contribution in [-0.4, -0.2) is 59.4 Å². The number of nitrogens with zero attached hydrogens (tertiary/aromatic N) is 2. The Morgan fingerprint density at radius 1 is 1.32 bits per heavy atom. The number of anilines is 1. The normalized spacial score (nSPS) is 17.3. The number of hydrogen-bond acceptors (Lipinski definition) is 4. The van der Waals surface area contributed by atoms with Gasteiger partial charge in [-0.2, -0.15) is 0 Å². The van der Waals surface area contributed by atoms with Gasteiger partial charge in [0.05, 0.1) is 5.92 Å². The maximum absolute atomic E-state index is 13.0. The molecule has 1 aliphatic heterocycles. The quantitative estimate of drug-likeness (QED) is 0.691. The minimum atomic E-state index is -1.13. The van der Waals surface area contributed by atoms with Crippen molar-refractivity contribution in [3.63, 3.8) is 0 Å². The van der Waals surface area contributed by atoms with Crippen LogP contribution in [0.15, 0.2) is 24.3 Å². The number of carbonyl (C=O) groups is 4. The molecule has 0 saturated carbocycles. The fraction of sp³-hybridized carbons (Fsp3) is 0.500. The van der Waals surface area contributed by atoms with Crippen molar-refractivity contribution in [3.05, 3.63) is 29.8 Å². The van der Waals surface area contributed by atoms with E-state index in [1.165, 1.54) is 18.7 Å². The van der Waals surface area contributed by atoms with Gasteiger partial charge in [0, 0.05) is 38.7 Å². The van der Waals surface area contributed by atoms with Crippen molar-refractivity contribution >= 4 is 29.4 Å². The lowest BCUT2D eigenvalue weighted by Crippen LogP contribution is -2.49. The summed E-state index contributed by atoms with van der Waals surface area (Å²) in [6, 6.07) is 6.52. The third-order valence-electron chi connectivity index (χ3n) is 4.97. The third kappa shape index (κ3) is 4.88. The second-order valence-corrected chi connectivity index (χ2v) is 6.92. The first-order chi connectivity index (χ1) is 13.3. The highest BCUT2D eigenvalue weighted by atomic mass is 16.4. The molecular formula is C20H27N3O5. The van der Waals surface area contributed by atoms with Gasteiger partial charge >= 0.3 is 5.97 Å². The summed E-state index contributed by atoms with van der Waals surface area (Å²) in [6.45, 7) is 5.22. The van der Waals surface area contributed by atoms with E-state index in [1.807, 2.05) is 31.2 Å². The summed E-state index contributed by atoms with van der Waals surface area (Å²) >= 11 is 0. The van der Waals surface area contributed by atoms with Crippen molar-refractivity contribution in [3.8, 4) is 0 Å². The van der Waals surface area contributed by atoms with Gasteiger partial charge in [-0.3, -0.25) is 14.4 Å². The predicted octanol–water partition coefficient (Wildman–Crippen LogP) is 1.04. The molecule has 1 aromatic rings. The van der Waals surface area contributed by atoms with Crippen LogP contribution in [0, 0.1) is 5.92 Å². The Balaban J connectivity index is 2.17. The van der Waals surface area contributed by atoms with Crippen molar-refractivity contribution in [1.82, 2.24) is 10.2 Å². The molecule has 1 aliphatic rings. The SMILES string of the molecule is CCc1ccccc1N1CC(C(=O)N(CCNC(C)=O)C(C)C(=O)O)CC1=O. The smallest absolute Gasteiger partial charge is 0.326 e. The van der Waals surface area contributed by atoms with Crippen LogP contribution in [-0.2, 0) is 25.6 Å². The van der Waals surface area contributed by atoms with Gasteiger partial charge in [-0.05, 0) is 25.0 Å². The van der Waals surface area contributed by atoms with Crippen molar-refractivity contribution < 1.29 is 24.3 Å².